The molecule has 3 rings (SSSR count). The van der Waals surface area contributed by atoms with E-state index in [-0.39, 0.29) is 17.1 Å². The number of benzene rings is 3. The summed E-state index contributed by atoms with van der Waals surface area (Å²) in [7, 11) is -2.67. The SMILES string of the molecule is CC(O[Si](c1ccccc1)(c1ccccc1)C(C)(C)C)[C@@H](C=O)Cc1ccccc1. The van der Waals surface area contributed by atoms with Gasteiger partial charge in [0.2, 0.25) is 0 Å². The molecular formula is C27H32O2Si. The highest BCUT2D eigenvalue weighted by molar-refractivity contribution is 6.99. The first-order valence-electron chi connectivity index (χ1n) is 10.7. The second-order valence-corrected chi connectivity index (χ2v) is 13.2. The zero-order valence-electron chi connectivity index (χ0n) is 18.4. The van der Waals surface area contributed by atoms with E-state index in [4.69, 9.17) is 4.43 Å². The summed E-state index contributed by atoms with van der Waals surface area (Å²) in [6.45, 7) is 8.85. The van der Waals surface area contributed by atoms with Gasteiger partial charge in [-0.15, -0.1) is 0 Å². The highest BCUT2D eigenvalue weighted by Gasteiger charge is 2.51. The largest absolute Gasteiger partial charge is 0.404 e. The Labute approximate surface area is 182 Å². The summed E-state index contributed by atoms with van der Waals surface area (Å²) in [6.07, 6.45) is 1.55. The molecule has 0 aliphatic rings. The minimum Gasteiger partial charge on any atom is -0.404 e. The van der Waals surface area contributed by atoms with Crippen LogP contribution >= 0.6 is 0 Å². The standard InChI is InChI=1S/C27H32O2Si/c1-22(24(21-28)20-23-14-8-5-9-15-23)29-30(27(2,3)4,25-16-10-6-11-17-25)26-18-12-7-13-19-26/h5-19,21-22,24H,20H2,1-4H3/t22?,24-/m1/s1. The van der Waals surface area contributed by atoms with Crippen LogP contribution in [0, 0.1) is 5.92 Å². The van der Waals surface area contributed by atoms with Crippen molar-refractivity contribution in [2.24, 2.45) is 5.92 Å². The van der Waals surface area contributed by atoms with E-state index >= 15 is 0 Å². The Morgan fingerprint density at radius 1 is 0.800 bits per heavy atom. The van der Waals surface area contributed by atoms with Crippen molar-refractivity contribution in [1.82, 2.24) is 0 Å². The molecule has 30 heavy (non-hydrogen) atoms. The Morgan fingerprint density at radius 2 is 1.23 bits per heavy atom. The predicted molar refractivity (Wildman–Crippen MR) is 128 cm³/mol. The zero-order valence-corrected chi connectivity index (χ0v) is 19.4. The third-order valence-corrected chi connectivity index (χ3v) is 11.0. The molecular weight excluding hydrogens is 384 g/mol. The van der Waals surface area contributed by atoms with Crippen molar-refractivity contribution < 1.29 is 9.22 Å². The highest BCUT2D eigenvalue weighted by atomic mass is 28.4. The number of carbonyl (C=O) groups excluding carboxylic acids is 1. The van der Waals surface area contributed by atoms with Crippen LogP contribution in [-0.2, 0) is 15.6 Å². The van der Waals surface area contributed by atoms with E-state index in [1.54, 1.807) is 0 Å². The normalized spacial score (nSPS) is 14.1. The van der Waals surface area contributed by atoms with E-state index in [0.29, 0.717) is 6.42 Å². The molecule has 3 aromatic rings. The van der Waals surface area contributed by atoms with Crippen molar-refractivity contribution >= 4 is 25.0 Å². The van der Waals surface area contributed by atoms with Gasteiger partial charge in [0, 0.05) is 5.92 Å². The summed E-state index contributed by atoms with van der Waals surface area (Å²) >= 11 is 0. The molecule has 0 bridgehead atoms. The van der Waals surface area contributed by atoms with Crippen molar-refractivity contribution in [2.75, 3.05) is 0 Å². The smallest absolute Gasteiger partial charge is 0.261 e. The van der Waals surface area contributed by atoms with Gasteiger partial charge in [-0.2, -0.15) is 0 Å². The minimum absolute atomic E-state index is 0.107. The predicted octanol–water partition coefficient (Wildman–Crippen LogP) is 5.01. The Bertz CT molecular complexity index is 878. The number of carbonyl (C=O) groups is 1. The maximum absolute atomic E-state index is 12.1. The molecule has 0 aliphatic heterocycles. The first-order valence-corrected chi connectivity index (χ1v) is 12.6. The van der Waals surface area contributed by atoms with Crippen LogP contribution in [0.2, 0.25) is 5.04 Å². The van der Waals surface area contributed by atoms with Crippen molar-refractivity contribution in [2.45, 2.75) is 45.3 Å². The summed E-state index contributed by atoms with van der Waals surface area (Å²) < 4.78 is 7.11. The summed E-state index contributed by atoms with van der Waals surface area (Å²) in [4.78, 5) is 12.1. The highest BCUT2D eigenvalue weighted by Crippen LogP contribution is 2.38. The molecule has 156 valence electrons. The van der Waals surface area contributed by atoms with Crippen molar-refractivity contribution in [3.63, 3.8) is 0 Å². The van der Waals surface area contributed by atoms with E-state index in [9.17, 15) is 4.79 Å². The van der Waals surface area contributed by atoms with Gasteiger partial charge in [0.25, 0.3) is 8.32 Å². The monoisotopic (exact) mass is 416 g/mol. The molecule has 0 fully saturated rings. The molecule has 0 aliphatic carbocycles. The molecule has 2 atom stereocenters. The van der Waals surface area contributed by atoms with Crippen molar-refractivity contribution in [3.8, 4) is 0 Å². The van der Waals surface area contributed by atoms with E-state index in [0.717, 1.165) is 11.8 Å². The molecule has 1 unspecified atom stereocenters. The van der Waals surface area contributed by atoms with Crippen molar-refractivity contribution in [3.05, 3.63) is 96.6 Å². The van der Waals surface area contributed by atoms with Gasteiger partial charge in [-0.05, 0) is 34.3 Å². The van der Waals surface area contributed by atoms with Crippen molar-refractivity contribution in [1.29, 1.82) is 0 Å². The molecule has 0 saturated heterocycles. The number of aldehydes is 1. The fraction of sp³-hybridized carbons (Fsp3) is 0.296. The van der Waals surface area contributed by atoms with Crippen LogP contribution in [0.3, 0.4) is 0 Å². The first-order chi connectivity index (χ1) is 14.4. The topological polar surface area (TPSA) is 26.3 Å². The quantitative estimate of drug-likeness (QED) is 0.381. The fourth-order valence-electron chi connectivity index (χ4n) is 4.27. The molecule has 0 saturated carbocycles. The molecule has 0 aromatic heterocycles. The lowest BCUT2D eigenvalue weighted by molar-refractivity contribution is -0.113. The second kappa shape index (κ2) is 9.54. The van der Waals surface area contributed by atoms with Gasteiger partial charge < -0.3 is 9.22 Å². The average Bonchev–Trinajstić information content (AvgIpc) is 2.76. The van der Waals surface area contributed by atoms with Crippen LogP contribution in [0.5, 0.6) is 0 Å². The lowest BCUT2D eigenvalue weighted by Gasteiger charge is -2.45. The molecule has 0 heterocycles. The maximum atomic E-state index is 12.1. The summed E-state index contributed by atoms with van der Waals surface area (Å²) in [5.74, 6) is -0.200. The molecule has 3 heteroatoms. The lowest BCUT2D eigenvalue weighted by atomic mass is 9.96. The van der Waals surface area contributed by atoms with Gasteiger partial charge >= 0.3 is 0 Å². The van der Waals surface area contributed by atoms with Crippen LogP contribution in [0.15, 0.2) is 91.0 Å². The van der Waals surface area contributed by atoms with E-state index in [1.807, 2.05) is 30.3 Å². The van der Waals surface area contributed by atoms with Gasteiger partial charge in [-0.3, -0.25) is 0 Å². The molecule has 2 nitrogen and oxygen atoms in total. The maximum Gasteiger partial charge on any atom is 0.261 e. The van der Waals surface area contributed by atoms with Gasteiger partial charge in [0.05, 0.1) is 6.10 Å². The fourth-order valence-corrected chi connectivity index (χ4v) is 9.02. The Hall–Kier alpha value is -2.49. The van der Waals surface area contributed by atoms with Crippen LogP contribution < -0.4 is 10.4 Å². The molecule has 0 N–H and O–H groups in total. The summed E-state index contributed by atoms with van der Waals surface area (Å²) in [5.41, 5.74) is 1.16. The third kappa shape index (κ3) is 4.63. The molecule has 0 amide bonds. The Balaban J connectivity index is 2.05. The number of rotatable bonds is 8. The van der Waals surface area contributed by atoms with E-state index in [2.05, 4.69) is 88.4 Å². The van der Waals surface area contributed by atoms with Gasteiger partial charge in [-0.25, -0.2) is 0 Å². The van der Waals surface area contributed by atoms with Crippen LogP contribution in [0.4, 0.5) is 0 Å². The van der Waals surface area contributed by atoms with Gasteiger partial charge in [-0.1, -0.05) is 112 Å². The van der Waals surface area contributed by atoms with Gasteiger partial charge in [0.1, 0.15) is 6.29 Å². The Kier molecular flexibility index (Phi) is 7.06. The second-order valence-electron chi connectivity index (χ2n) is 8.98. The van der Waals surface area contributed by atoms with Crippen LogP contribution in [-0.4, -0.2) is 20.7 Å². The van der Waals surface area contributed by atoms with Crippen LogP contribution in [0.25, 0.3) is 0 Å². The number of hydrogen-bond donors (Lipinski definition) is 0. The zero-order chi connectivity index (χ0) is 21.6. The molecule has 3 aromatic carbocycles. The first kappa shape index (κ1) is 22.2. The van der Waals surface area contributed by atoms with E-state index in [1.165, 1.54) is 10.4 Å². The average molecular weight is 417 g/mol. The third-order valence-electron chi connectivity index (χ3n) is 5.87. The summed E-state index contributed by atoms with van der Waals surface area (Å²) in [6, 6.07) is 31.4. The molecule has 0 radical (unpaired) electrons. The Morgan fingerprint density at radius 3 is 1.63 bits per heavy atom. The van der Waals surface area contributed by atoms with E-state index < -0.39 is 8.32 Å². The van der Waals surface area contributed by atoms with Gasteiger partial charge in [0.15, 0.2) is 0 Å². The number of hydrogen-bond acceptors (Lipinski definition) is 2. The van der Waals surface area contributed by atoms with Crippen LogP contribution in [0.1, 0.15) is 33.3 Å². The summed E-state index contributed by atoms with van der Waals surface area (Å²) in [5, 5.41) is 2.37. The lowest BCUT2D eigenvalue weighted by Crippen LogP contribution is -2.68. The molecule has 0 spiro atoms. The minimum atomic E-state index is -2.67.